The molecule has 0 saturated heterocycles. The maximum absolute atomic E-state index is 12.7. The van der Waals surface area contributed by atoms with Crippen LogP contribution in [-0.4, -0.2) is 41.7 Å². The average Bonchev–Trinajstić information content (AvgIpc) is 2.78. The monoisotopic (exact) mass is 436 g/mol. The fraction of sp³-hybridized carbons (Fsp3) is 0.0870. The number of ether oxygens (including phenoxy) is 2. The van der Waals surface area contributed by atoms with E-state index < -0.39 is 30.1 Å². The Morgan fingerprint density at radius 1 is 0.875 bits per heavy atom. The summed E-state index contributed by atoms with van der Waals surface area (Å²) in [6, 6.07) is 16.5. The Labute approximate surface area is 183 Å². The van der Waals surface area contributed by atoms with Crippen LogP contribution in [0.2, 0.25) is 0 Å². The van der Waals surface area contributed by atoms with Gasteiger partial charge in [0.15, 0.2) is 6.61 Å². The minimum Gasteiger partial charge on any atom is -0.508 e. The van der Waals surface area contributed by atoms with Gasteiger partial charge in [-0.3, -0.25) is 9.59 Å². The van der Waals surface area contributed by atoms with Crippen molar-refractivity contribution in [1.82, 2.24) is 0 Å². The van der Waals surface area contributed by atoms with E-state index in [9.17, 15) is 24.6 Å². The van der Waals surface area contributed by atoms with E-state index in [0.29, 0.717) is 11.4 Å². The molecule has 0 aliphatic carbocycles. The van der Waals surface area contributed by atoms with Crippen LogP contribution in [0.3, 0.4) is 0 Å². The van der Waals surface area contributed by atoms with Crippen LogP contribution in [-0.2, 0) is 9.53 Å². The van der Waals surface area contributed by atoms with E-state index in [1.807, 2.05) is 0 Å². The number of para-hydroxylation sites is 1. The molecule has 3 rings (SSSR count). The molecule has 9 nitrogen and oxygen atoms in total. The number of phenolic OH excluding ortho intramolecular Hbond substituents is 2. The molecule has 0 fully saturated rings. The summed E-state index contributed by atoms with van der Waals surface area (Å²) in [6.07, 6.45) is 0. The van der Waals surface area contributed by atoms with Gasteiger partial charge in [0.05, 0.1) is 18.4 Å². The lowest BCUT2D eigenvalue weighted by Gasteiger charge is -2.12. The number of aromatic hydroxyl groups is 2. The summed E-state index contributed by atoms with van der Waals surface area (Å²) in [5.41, 5.74) is 0.778. The second-order valence-corrected chi connectivity index (χ2v) is 6.55. The Morgan fingerprint density at radius 3 is 2.28 bits per heavy atom. The van der Waals surface area contributed by atoms with Gasteiger partial charge in [0.2, 0.25) is 0 Å². The second kappa shape index (κ2) is 9.98. The van der Waals surface area contributed by atoms with Gasteiger partial charge in [-0.05, 0) is 48.5 Å². The summed E-state index contributed by atoms with van der Waals surface area (Å²) in [6.45, 7) is -0.645. The van der Waals surface area contributed by atoms with Gasteiger partial charge in [-0.1, -0.05) is 12.1 Å². The molecular weight excluding hydrogens is 416 g/mol. The van der Waals surface area contributed by atoms with Gasteiger partial charge < -0.3 is 30.3 Å². The molecule has 0 heterocycles. The molecule has 32 heavy (non-hydrogen) atoms. The molecule has 0 radical (unpaired) electrons. The lowest BCUT2D eigenvalue weighted by atomic mass is 10.1. The zero-order valence-electron chi connectivity index (χ0n) is 17.0. The second-order valence-electron chi connectivity index (χ2n) is 6.55. The van der Waals surface area contributed by atoms with E-state index in [2.05, 4.69) is 10.6 Å². The van der Waals surface area contributed by atoms with Gasteiger partial charge in [0.1, 0.15) is 22.8 Å². The number of hydrogen-bond acceptors (Lipinski definition) is 7. The number of nitrogens with one attached hydrogen (secondary N) is 2. The molecule has 0 aromatic heterocycles. The lowest BCUT2D eigenvalue weighted by Crippen LogP contribution is -2.23. The van der Waals surface area contributed by atoms with E-state index >= 15 is 0 Å². The normalized spacial score (nSPS) is 10.2. The number of amides is 2. The zero-order chi connectivity index (χ0) is 23.1. The fourth-order valence-electron chi connectivity index (χ4n) is 2.75. The van der Waals surface area contributed by atoms with Crippen LogP contribution < -0.4 is 15.4 Å². The predicted octanol–water partition coefficient (Wildman–Crippen LogP) is 3.15. The lowest BCUT2D eigenvalue weighted by molar-refractivity contribution is -0.119. The van der Waals surface area contributed by atoms with E-state index in [4.69, 9.17) is 9.47 Å². The average molecular weight is 436 g/mol. The van der Waals surface area contributed by atoms with E-state index in [-0.39, 0.29) is 22.6 Å². The van der Waals surface area contributed by atoms with Crippen LogP contribution >= 0.6 is 0 Å². The van der Waals surface area contributed by atoms with Crippen LogP contribution in [0.25, 0.3) is 0 Å². The maximum atomic E-state index is 12.7. The Hall–Kier alpha value is -4.53. The van der Waals surface area contributed by atoms with Crippen LogP contribution in [0.5, 0.6) is 17.2 Å². The number of hydrogen-bond donors (Lipinski definition) is 4. The number of anilines is 2. The highest BCUT2D eigenvalue weighted by Crippen LogP contribution is 2.23. The third-order valence-corrected chi connectivity index (χ3v) is 4.33. The summed E-state index contributed by atoms with van der Waals surface area (Å²) in [4.78, 5) is 37.0. The van der Waals surface area contributed by atoms with Crippen molar-refractivity contribution in [3.8, 4) is 17.2 Å². The molecule has 3 aromatic rings. The molecule has 0 saturated carbocycles. The number of methoxy groups -OCH3 is 1. The van der Waals surface area contributed by atoms with Crippen LogP contribution in [0.4, 0.5) is 11.4 Å². The molecule has 0 aliphatic heterocycles. The highest BCUT2D eigenvalue weighted by molar-refractivity contribution is 6.10. The minimum absolute atomic E-state index is 0.199. The first-order valence-corrected chi connectivity index (χ1v) is 9.41. The Bertz CT molecular complexity index is 1140. The molecule has 0 aliphatic rings. The quantitative estimate of drug-likeness (QED) is 0.418. The SMILES string of the molecule is COc1ccc(NC(=O)c2ccccc2NC(=O)COC(=O)c2ccc(O)cc2O)cc1. The van der Waals surface area contributed by atoms with Gasteiger partial charge in [0, 0.05) is 11.8 Å². The summed E-state index contributed by atoms with van der Waals surface area (Å²) in [5, 5.41) is 24.2. The molecule has 0 unspecified atom stereocenters. The fourth-order valence-corrected chi connectivity index (χ4v) is 2.75. The van der Waals surface area contributed by atoms with Crippen molar-refractivity contribution < 1.29 is 34.1 Å². The maximum Gasteiger partial charge on any atom is 0.342 e. The van der Waals surface area contributed by atoms with Gasteiger partial charge >= 0.3 is 5.97 Å². The largest absolute Gasteiger partial charge is 0.508 e. The Kier molecular flexibility index (Phi) is 6.92. The molecule has 2 amide bonds. The number of phenols is 2. The number of carbonyl (C=O) groups excluding carboxylic acids is 3. The predicted molar refractivity (Wildman–Crippen MR) is 116 cm³/mol. The zero-order valence-corrected chi connectivity index (χ0v) is 17.0. The summed E-state index contributed by atoms with van der Waals surface area (Å²) >= 11 is 0. The first-order valence-electron chi connectivity index (χ1n) is 9.41. The van der Waals surface area contributed by atoms with Gasteiger partial charge in [-0.2, -0.15) is 0 Å². The highest BCUT2D eigenvalue weighted by Gasteiger charge is 2.17. The first-order chi connectivity index (χ1) is 15.4. The number of carbonyl (C=O) groups is 3. The van der Waals surface area contributed by atoms with Gasteiger partial charge in [0.25, 0.3) is 11.8 Å². The van der Waals surface area contributed by atoms with Crippen molar-refractivity contribution >= 4 is 29.2 Å². The molecule has 9 heteroatoms. The molecular formula is C23H20N2O7. The first kappa shape index (κ1) is 22.2. The molecule has 0 spiro atoms. The molecule has 3 aromatic carbocycles. The Balaban J connectivity index is 1.62. The van der Waals surface area contributed by atoms with Crippen LogP contribution in [0, 0.1) is 0 Å². The number of rotatable bonds is 7. The standard InChI is InChI=1S/C23H20N2O7/c1-31-16-9-6-14(7-10-16)24-22(29)17-4-2-3-5-19(17)25-21(28)13-32-23(30)18-11-8-15(26)12-20(18)27/h2-12,26-27H,13H2,1H3,(H,24,29)(H,25,28). The van der Waals surface area contributed by atoms with Crippen LogP contribution in [0.1, 0.15) is 20.7 Å². The number of esters is 1. The van der Waals surface area contributed by atoms with Crippen molar-refractivity contribution in [3.05, 3.63) is 77.9 Å². The highest BCUT2D eigenvalue weighted by atomic mass is 16.5. The van der Waals surface area contributed by atoms with Gasteiger partial charge in [-0.25, -0.2) is 4.79 Å². The Morgan fingerprint density at radius 2 is 1.59 bits per heavy atom. The van der Waals surface area contributed by atoms with E-state index in [1.165, 1.54) is 31.4 Å². The van der Waals surface area contributed by atoms with Crippen molar-refractivity contribution in [2.75, 3.05) is 24.4 Å². The topological polar surface area (TPSA) is 134 Å². The minimum atomic E-state index is -0.941. The smallest absolute Gasteiger partial charge is 0.342 e. The van der Waals surface area contributed by atoms with E-state index in [0.717, 1.165) is 6.07 Å². The molecule has 0 bridgehead atoms. The third kappa shape index (κ3) is 5.54. The third-order valence-electron chi connectivity index (χ3n) is 4.33. The molecule has 4 N–H and O–H groups in total. The molecule has 0 atom stereocenters. The summed E-state index contributed by atoms with van der Waals surface area (Å²) in [7, 11) is 1.54. The van der Waals surface area contributed by atoms with Crippen LogP contribution in [0.15, 0.2) is 66.7 Å². The summed E-state index contributed by atoms with van der Waals surface area (Å²) in [5.74, 6) is -2.12. The van der Waals surface area contributed by atoms with Crippen molar-refractivity contribution in [2.45, 2.75) is 0 Å². The van der Waals surface area contributed by atoms with Gasteiger partial charge in [-0.15, -0.1) is 0 Å². The van der Waals surface area contributed by atoms with Crippen molar-refractivity contribution in [2.24, 2.45) is 0 Å². The number of benzene rings is 3. The van der Waals surface area contributed by atoms with Crippen molar-refractivity contribution in [3.63, 3.8) is 0 Å². The summed E-state index contributed by atoms with van der Waals surface area (Å²) < 4.78 is 9.98. The van der Waals surface area contributed by atoms with Crippen molar-refractivity contribution in [1.29, 1.82) is 0 Å². The van der Waals surface area contributed by atoms with E-state index in [1.54, 1.807) is 36.4 Å². The molecule has 164 valence electrons.